The summed E-state index contributed by atoms with van der Waals surface area (Å²) >= 11 is 6.24. The van der Waals surface area contributed by atoms with Crippen molar-refractivity contribution in [3.05, 3.63) is 59.1 Å². The van der Waals surface area contributed by atoms with Crippen LogP contribution in [0.5, 0.6) is 11.5 Å². The highest BCUT2D eigenvalue weighted by Gasteiger charge is 2.15. The summed E-state index contributed by atoms with van der Waals surface area (Å²) in [6, 6.07) is 15.1. The first-order valence-electron chi connectivity index (χ1n) is 9.87. The Balaban J connectivity index is 1.54. The summed E-state index contributed by atoms with van der Waals surface area (Å²) < 4.78 is 12.7. The molecule has 1 amide bonds. The molecule has 4 aromatic rings. The number of hydrogen-bond acceptors (Lipinski definition) is 4. The third-order valence-electron chi connectivity index (χ3n) is 5.16. The lowest BCUT2D eigenvalue weighted by Gasteiger charge is -2.07. The van der Waals surface area contributed by atoms with E-state index in [4.69, 9.17) is 21.1 Å². The van der Waals surface area contributed by atoms with E-state index in [1.165, 1.54) is 0 Å². The molecule has 2 N–H and O–H groups in total. The van der Waals surface area contributed by atoms with Crippen LogP contribution in [-0.4, -0.2) is 34.9 Å². The van der Waals surface area contributed by atoms with Crippen LogP contribution in [0.2, 0.25) is 5.02 Å². The smallest absolute Gasteiger partial charge is 0.230 e. The molecule has 0 aliphatic carbocycles. The third kappa shape index (κ3) is 4.22. The van der Waals surface area contributed by atoms with Crippen LogP contribution in [0.3, 0.4) is 0 Å². The molecule has 0 bridgehead atoms. The Bertz CT molecular complexity index is 1250. The normalized spacial score (nSPS) is 11.0. The van der Waals surface area contributed by atoms with Gasteiger partial charge in [-0.05, 0) is 42.8 Å². The Morgan fingerprint density at radius 1 is 1.10 bits per heavy atom. The number of ether oxygens (including phenoxy) is 2. The van der Waals surface area contributed by atoms with Crippen LogP contribution in [0.4, 0.5) is 5.82 Å². The van der Waals surface area contributed by atoms with Gasteiger partial charge in [-0.15, -0.1) is 0 Å². The van der Waals surface area contributed by atoms with Gasteiger partial charge >= 0.3 is 0 Å². The van der Waals surface area contributed by atoms with E-state index in [2.05, 4.69) is 33.1 Å². The van der Waals surface area contributed by atoms with E-state index in [0.29, 0.717) is 16.6 Å². The van der Waals surface area contributed by atoms with Crippen molar-refractivity contribution in [2.45, 2.75) is 19.9 Å². The number of carbonyl (C=O) groups is 1. The number of halogens is 1. The number of hydrogen-bond donors (Lipinski definition) is 2. The maximum Gasteiger partial charge on any atom is 0.230 e. The highest BCUT2D eigenvalue weighted by atomic mass is 35.5. The van der Waals surface area contributed by atoms with Crippen molar-refractivity contribution < 1.29 is 14.3 Å². The van der Waals surface area contributed by atoms with Gasteiger partial charge in [0.1, 0.15) is 11.5 Å². The Labute approximate surface area is 184 Å². The molecule has 0 unspecified atom stereocenters. The molecular formula is C23H23ClN4O3. The molecule has 0 aliphatic rings. The molecule has 0 saturated heterocycles. The predicted molar refractivity (Wildman–Crippen MR) is 122 cm³/mol. The van der Waals surface area contributed by atoms with Crippen molar-refractivity contribution in [2.75, 3.05) is 19.5 Å². The van der Waals surface area contributed by atoms with E-state index >= 15 is 0 Å². The standard InChI is InChI=1S/C23H23ClN4O3/c1-4-28-20-12-17(31-3)8-6-15(20)9-21(28)19-13-22(27-26-19)25-23(29)10-14-5-7-16(30-2)11-18(14)24/h5-9,11-13H,4,10H2,1-3H3,(H2,25,26,27,29). The Morgan fingerprint density at radius 2 is 1.84 bits per heavy atom. The number of aromatic nitrogens is 3. The number of anilines is 1. The SMILES string of the molecule is CCn1c(-c2cc(NC(=O)Cc3ccc(OC)cc3Cl)n[nH]2)cc2ccc(OC)cc21. The van der Waals surface area contributed by atoms with Crippen LogP contribution in [-0.2, 0) is 17.8 Å². The van der Waals surface area contributed by atoms with E-state index in [9.17, 15) is 4.79 Å². The van der Waals surface area contributed by atoms with Gasteiger partial charge in [-0.1, -0.05) is 17.7 Å². The third-order valence-corrected chi connectivity index (χ3v) is 5.51. The number of methoxy groups -OCH3 is 2. The fourth-order valence-corrected chi connectivity index (χ4v) is 3.84. The molecule has 4 rings (SSSR count). The maximum atomic E-state index is 12.5. The number of aromatic amines is 1. The maximum absolute atomic E-state index is 12.5. The van der Waals surface area contributed by atoms with Crippen molar-refractivity contribution in [2.24, 2.45) is 0 Å². The Morgan fingerprint density at radius 3 is 2.55 bits per heavy atom. The monoisotopic (exact) mass is 438 g/mol. The Hall–Kier alpha value is -3.45. The number of rotatable bonds is 7. The number of nitrogens with zero attached hydrogens (tertiary/aromatic N) is 2. The molecule has 7 nitrogen and oxygen atoms in total. The largest absolute Gasteiger partial charge is 0.497 e. The highest BCUT2D eigenvalue weighted by molar-refractivity contribution is 6.31. The number of nitrogens with one attached hydrogen (secondary N) is 2. The molecule has 2 heterocycles. The topological polar surface area (TPSA) is 81.2 Å². The zero-order valence-electron chi connectivity index (χ0n) is 17.5. The van der Waals surface area contributed by atoms with Crippen LogP contribution >= 0.6 is 11.6 Å². The first kappa shape index (κ1) is 20.8. The molecule has 0 atom stereocenters. The van der Waals surface area contributed by atoms with Crippen molar-refractivity contribution in [3.63, 3.8) is 0 Å². The number of carbonyl (C=O) groups excluding carboxylic acids is 1. The predicted octanol–water partition coefficient (Wildman–Crippen LogP) is 4.90. The summed E-state index contributed by atoms with van der Waals surface area (Å²) in [5.74, 6) is 1.71. The van der Waals surface area contributed by atoms with Gasteiger partial charge in [-0.2, -0.15) is 5.10 Å². The molecule has 0 fully saturated rings. The van der Waals surface area contributed by atoms with Gasteiger partial charge < -0.3 is 19.4 Å². The molecule has 0 spiro atoms. The summed E-state index contributed by atoms with van der Waals surface area (Å²) in [6.07, 6.45) is 0.139. The molecule has 31 heavy (non-hydrogen) atoms. The minimum Gasteiger partial charge on any atom is -0.497 e. The van der Waals surface area contributed by atoms with Crippen molar-refractivity contribution in [1.82, 2.24) is 14.8 Å². The second-order valence-electron chi connectivity index (χ2n) is 7.05. The Kier molecular flexibility index (Phi) is 5.86. The summed E-state index contributed by atoms with van der Waals surface area (Å²) in [5.41, 5.74) is 3.59. The first-order chi connectivity index (χ1) is 15.0. The summed E-state index contributed by atoms with van der Waals surface area (Å²) in [4.78, 5) is 12.5. The van der Waals surface area contributed by atoms with Gasteiger partial charge in [0.05, 0.1) is 37.5 Å². The van der Waals surface area contributed by atoms with Crippen molar-refractivity contribution >= 4 is 34.2 Å². The number of fused-ring (bicyclic) bond motifs is 1. The van der Waals surface area contributed by atoms with E-state index in [-0.39, 0.29) is 12.3 Å². The zero-order valence-corrected chi connectivity index (χ0v) is 18.3. The minimum atomic E-state index is -0.203. The van der Waals surface area contributed by atoms with Gasteiger partial charge in [-0.3, -0.25) is 9.89 Å². The van der Waals surface area contributed by atoms with Gasteiger partial charge in [0.2, 0.25) is 5.91 Å². The van der Waals surface area contributed by atoms with E-state index < -0.39 is 0 Å². The molecule has 0 saturated carbocycles. The van der Waals surface area contributed by atoms with Crippen LogP contribution in [0.15, 0.2) is 48.5 Å². The van der Waals surface area contributed by atoms with Gasteiger partial charge in [0.25, 0.3) is 0 Å². The number of amides is 1. The lowest BCUT2D eigenvalue weighted by atomic mass is 10.1. The number of aryl methyl sites for hydroxylation is 1. The van der Waals surface area contributed by atoms with Crippen LogP contribution in [0.25, 0.3) is 22.3 Å². The zero-order chi connectivity index (χ0) is 22.0. The van der Waals surface area contributed by atoms with Gasteiger partial charge in [0.15, 0.2) is 5.82 Å². The second-order valence-corrected chi connectivity index (χ2v) is 7.45. The average molecular weight is 439 g/mol. The van der Waals surface area contributed by atoms with Crippen LogP contribution in [0, 0.1) is 0 Å². The average Bonchev–Trinajstić information content (AvgIpc) is 3.38. The van der Waals surface area contributed by atoms with Crippen LogP contribution < -0.4 is 14.8 Å². The molecule has 0 aliphatic heterocycles. The number of H-pyrrole nitrogens is 1. The van der Waals surface area contributed by atoms with Crippen molar-refractivity contribution in [3.8, 4) is 22.9 Å². The number of benzene rings is 2. The fourth-order valence-electron chi connectivity index (χ4n) is 3.60. The molecule has 2 aromatic heterocycles. The quantitative estimate of drug-likeness (QED) is 0.430. The van der Waals surface area contributed by atoms with Crippen molar-refractivity contribution in [1.29, 1.82) is 0 Å². The summed E-state index contributed by atoms with van der Waals surface area (Å²) in [6.45, 7) is 2.86. The van der Waals surface area contributed by atoms with E-state index in [1.54, 1.807) is 32.4 Å². The van der Waals surface area contributed by atoms with Crippen LogP contribution in [0.1, 0.15) is 12.5 Å². The summed E-state index contributed by atoms with van der Waals surface area (Å²) in [5, 5.41) is 11.7. The molecule has 0 radical (unpaired) electrons. The summed E-state index contributed by atoms with van der Waals surface area (Å²) in [7, 11) is 3.23. The lowest BCUT2D eigenvalue weighted by molar-refractivity contribution is -0.115. The fraction of sp³-hybridized carbons (Fsp3) is 0.217. The van der Waals surface area contributed by atoms with Gasteiger partial charge in [0, 0.05) is 29.1 Å². The molecule has 2 aromatic carbocycles. The minimum absolute atomic E-state index is 0.139. The molecule has 8 heteroatoms. The molecule has 160 valence electrons. The van der Waals surface area contributed by atoms with E-state index in [1.807, 2.05) is 24.3 Å². The molecular weight excluding hydrogens is 416 g/mol. The van der Waals surface area contributed by atoms with Gasteiger partial charge in [-0.25, -0.2) is 0 Å². The highest BCUT2D eigenvalue weighted by Crippen LogP contribution is 2.31. The van der Waals surface area contributed by atoms with E-state index in [0.717, 1.165) is 40.1 Å². The lowest BCUT2D eigenvalue weighted by Crippen LogP contribution is -2.14. The first-order valence-corrected chi connectivity index (χ1v) is 10.3. The second kappa shape index (κ2) is 8.73.